The molecule has 0 aromatic rings. The standard InChI is InChI=1S/C73H132O6/c1-4-7-10-13-16-19-22-25-28-31-33-35-36-38-39-42-45-48-51-54-57-60-63-66-72(75)78-69-70(68-77-71(74)65-62-59-56-53-50-47-44-41-30-27-24-21-18-15-12-9-6-3)79-73(76)67-64-61-58-55-52-49-46-43-40-37-34-32-29-26-23-20-17-14-11-8-5-2/h22-23,25-26,31-34,36,38,70H,4-21,24,27-30,35,37,39-69H2,1-3H3/b25-22-,26-23-,33-31-,34-32-,38-36-. The number of rotatable bonds is 64. The zero-order valence-corrected chi connectivity index (χ0v) is 52.9. The van der Waals surface area contributed by atoms with Crippen LogP contribution in [-0.4, -0.2) is 37.2 Å². The number of carbonyl (C=O) groups excluding carboxylic acids is 3. The van der Waals surface area contributed by atoms with Gasteiger partial charge in [-0.3, -0.25) is 14.4 Å². The molecule has 460 valence electrons. The Kier molecular flexibility index (Phi) is 65.1. The van der Waals surface area contributed by atoms with Crippen LogP contribution in [0.25, 0.3) is 0 Å². The zero-order chi connectivity index (χ0) is 57.1. The highest BCUT2D eigenvalue weighted by Crippen LogP contribution is 2.17. The molecule has 0 heterocycles. The van der Waals surface area contributed by atoms with Gasteiger partial charge in [-0.15, -0.1) is 0 Å². The fraction of sp³-hybridized carbons (Fsp3) is 0.822. The van der Waals surface area contributed by atoms with Gasteiger partial charge in [0.05, 0.1) is 0 Å². The van der Waals surface area contributed by atoms with Crippen molar-refractivity contribution in [3.05, 3.63) is 60.8 Å². The number of ether oxygens (including phenoxy) is 3. The van der Waals surface area contributed by atoms with E-state index >= 15 is 0 Å². The van der Waals surface area contributed by atoms with Gasteiger partial charge in [0.2, 0.25) is 0 Å². The highest BCUT2D eigenvalue weighted by atomic mass is 16.6. The average Bonchev–Trinajstić information content (AvgIpc) is 3.45. The monoisotopic (exact) mass is 1110 g/mol. The van der Waals surface area contributed by atoms with Crippen LogP contribution in [0.3, 0.4) is 0 Å². The molecule has 0 N–H and O–H groups in total. The van der Waals surface area contributed by atoms with Crippen LogP contribution >= 0.6 is 0 Å². The third kappa shape index (κ3) is 65.8. The largest absolute Gasteiger partial charge is 0.462 e. The van der Waals surface area contributed by atoms with Crippen molar-refractivity contribution >= 4 is 17.9 Å². The van der Waals surface area contributed by atoms with E-state index in [4.69, 9.17) is 14.2 Å². The minimum absolute atomic E-state index is 0.0746. The Hall–Kier alpha value is -2.89. The predicted molar refractivity (Wildman–Crippen MR) is 344 cm³/mol. The van der Waals surface area contributed by atoms with Gasteiger partial charge in [0.25, 0.3) is 0 Å². The molecule has 0 fully saturated rings. The highest BCUT2D eigenvalue weighted by Gasteiger charge is 2.19. The number of carbonyl (C=O) groups is 3. The van der Waals surface area contributed by atoms with Crippen molar-refractivity contribution in [2.24, 2.45) is 0 Å². The molecule has 6 heteroatoms. The molecule has 79 heavy (non-hydrogen) atoms. The quantitative estimate of drug-likeness (QED) is 0.0261. The Morgan fingerprint density at radius 1 is 0.253 bits per heavy atom. The molecule has 6 nitrogen and oxygen atoms in total. The van der Waals surface area contributed by atoms with E-state index in [1.807, 2.05) is 0 Å². The van der Waals surface area contributed by atoms with E-state index in [0.29, 0.717) is 19.3 Å². The highest BCUT2D eigenvalue weighted by molar-refractivity contribution is 5.71. The average molecular weight is 1110 g/mol. The fourth-order valence-electron chi connectivity index (χ4n) is 10.2. The van der Waals surface area contributed by atoms with Gasteiger partial charge < -0.3 is 14.2 Å². The van der Waals surface area contributed by atoms with E-state index < -0.39 is 6.10 Å². The summed E-state index contributed by atoms with van der Waals surface area (Å²) in [6.07, 6.45) is 86.6. The first kappa shape index (κ1) is 76.1. The summed E-state index contributed by atoms with van der Waals surface area (Å²) < 4.78 is 17.0. The van der Waals surface area contributed by atoms with E-state index in [0.717, 1.165) is 83.5 Å². The molecule has 0 aliphatic heterocycles. The topological polar surface area (TPSA) is 78.9 Å². The summed E-state index contributed by atoms with van der Waals surface area (Å²) >= 11 is 0. The van der Waals surface area contributed by atoms with E-state index in [1.165, 1.54) is 244 Å². The molecule has 0 rings (SSSR count). The summed E-state index contributed by atoms with van der Waals surface area (Å²) in [5.74, 6) is -0.863. The van der Waals surface area contributed by atoms with E-state index in [9.17, 15) is 14.4 Å². The first-order valence-corrected chi connectivity index (χ1v) is 34.8. The second kappa shape index (κ2) is 67.6. The van der Waals surface area contributed by atoms with Crippen LogP contribution in [0.2, 0.25) is 0 Å². The first-order valence-electron chi connectivity index (χ1n) is 34.8. The predicted octanol–water partition coefficient (Wildman–Crippen LogP) is 23.9. The lowest BCUT2D eigenvalue weighted by atomic mass is 10.0. The molecule has 0 aliphatic rings. The Labute approximate surface area is 491 Å². The first-order chi connectivity index (χ1) is 39.0. The maximum atomic E-state index is 13.0. The molecule has 0 aromatic carbocycles. The van der Waals surface area contributed by atoms with Gasteiger partial charge >= 0.3 is 17.9 Å². The van der Waals surface area contributed by atoms with Crippen LogP contribution in [0, 0.1) is 0 Å². The van der Waals surface area contributed by atoms with Crippen LogP contribution in [-0.2, 0) is 28.6 Å². The normalized spacial score (nSPS) is 12.4. The zero-order valence-electron chi connectivity index (χ0n) is 52.9. The Morgan fingerprint density at radius 3 is 0.709 bits per heavy atom. The van der Waals surface area contributed by atoms with Gasteiger partial charge in [0.1, 0.15) is 13.2 Å². The van der Waals surface area contributed by atoms with Crippen LogP contribution in [0.5, 0.6) is 0 Å². The van der Waals surface area contributed by atoms with Gasteiger partial charge in [0, 0.05) is 19.3 Å². The van der Waals surface area contributed by atoms with Crippen molar-refractivity contribution in [1.29, 1.82) is 0 Å². The van der Waals surface area contributed by atoms with Gasteiger partial charge in [-0.25, -0.2) is 0 Å². The van der Waals surface area contributed by atoms with Crippen molar-refractivity contribution in [2.45, 2.75) is 374 Å². The number of unbranched alkanes of at least 4 members (excludes halogenated alkanes) is 43. The lowest BCUT2D eigenvalue weighted by Crippen LogP contribution is -2.30. The molecular formula is C73H132O6. The molecule has 1 atom stereocenters. The maximum Gasteiger partial charge on any atom is 0.306 e. The molecule has 0 aromatic heterocycles. The summed E-state index contributed by atoms with van der Waals surface area (Å²) in [6, 6.07) is 0. The molecular weight excluding hydrogens is 973 g/mol. The molecule has 0 saturated carbocycles. The van der Waals surface area contributed by atoms with Crippen LogP contribution in [0.4, 0.5) is 0 Å². The second-order valence-corrected chi connectivity index (χ2v) is 23.4. The second-order valence-electron chi connectivity index (χ2n) is 23.4. The minimum Gasteiger partial charge on any atom is -0.462 e. The molecule has 0 saturated heterocycles. The Bertz CT molecular complexity index is 1410. The third-order valence-electron chi connectivity index (χ3n) is 15.5. The van der Waals surface area contributed by atoms with E-state index in [1.54, 1.807) is 0 Å². The summed E-state index contributed by atoms with van der Waals surface area (Å²) in [6.45, 7) is 6.67. The van der Waals surface area contributed by atoms with E-state index in [2.05, 4.69) is 81.5 Å². The summed E-state index contributed by atoms with van der Waals surface area (Å²) in [5.41, 5.74) is 0. The Balaban J connectivity index is 4.36. The molecule has 0 aliphatic carbocycles. The number of allylic oxidation sites excluding steroid dienone is 10. The van der Waals surface area contributed by atoms with Crippen molar-refractivity contribution < 1.29 is 28.6 Å². The number of esters is 3. The summed E-state index contributed by atoms with van der Waals surface area (Å²) in [4.78, 5) is 38.5. The number of hydrogen-bond acceptors (Lipinski definition) is 6. The SMILES string of the molecule is CCCCCCC/C=C\C/C=C\C/C=C\CCCCCCCCCCC(=O)OCC(COC(=O)CCCCCCCCCCCCCCCCCCC)OC(=O)CCCCCCCCCCC/C=C\C/C=C\CCCCCCC. The summed E-state index contributed by atoms with van der Waals surface area (Å²) in [7, 11) is 0. The maximum absolute atomic E-state index is 13.0. The molecule has 1 unspecified atom stereocenters. The Morgan fingerprint density at radius 2 is 0.456 bits per heavy atom. The number of hydrogen-bond donors (Lipinski definition) is 0. The van der Waals surface area contributed by atoms with Crippen molar-refractivity contribution in [1.82, 2.24) is 0 Å². The fourth-order valence-corrected chi connectivity index (χ4v) is 10.2. The lowest BCUT2D eigenvalue weighted by molar-refractivity contribution is -0.167. The van der Waals surface area contributed by atoms with Gasteiger partial charge in [0.15, 0.2) is 6.10 Å². The van der Waals surface area contributed by atoms with E-state index in [-0.39, 0.29) is 31.1 Å². The smallest absolute Gasteiger partial charge is 0.306 e. The minimum atomic E-state index is -0.780. The van der Waals surface area contributed by atoms with Crippen molar-refractivity contribution in [3.63, 3.8) is 0 Å². The summed E-state index contributed by atoms with van der Waals surface area (Å²) in [5, 5.41) is 0. The van der Waals surface area contributed by atoms with Gasteiger partial charge in [-0.1, -0.05) is 319 Å². The molecule has 0 radical (unpaired) electrons. The molecule has 0 spiro atoms. The lowest BCUT2D eigenvalue weighted by Gasteiger charge is -2.18. The molecule has 0 amide bonds. The van der Waals surface area contributed by atoms with Crippen molar-refractivity contribution in [2.75, 3.05) is 13.2 Å². The van der Waals surface area contributed by atoms with Gasteiger partial charge in [-0.2, -0.15) is 0 Å². The van der Waals surface area contributed by atoms with Crippen LogP contribution < -0.4 is 0 Å². The molecule has 0 bridgehead atoms. The van der Waals surface area contributed by atoms with Crippen LogP contribution in [0.15, 0.2) is 60.8 Å². The van der Waals surface area contributed by atoms with Crippen molar-refractivity contribution in [3.8, 4) is 0 Å². The third-order valence-corrected chi connectivity index (χ3v) is 15.5. The van der Waals surface area contributed by atoms with Crippen LogP contribution in [0.1, 0.15) is 367 Å². The van der Waals surface area contributed by atoms with Gasteiger partial charge in [-0.05, 0) is 89.9 Å².